The van der Waals surface area contributed by atoms with E-state index in [4.69, 9.17) is 0 Å². The lowest BCUT2D eigenvalue weighted by Gasteiger charge is -2.07. The number of anilines is 2. The minimum atomic E-state index is -0.472. The summed E-state index contributed by atoms with van der Waals surface area (Å²) in [6.07, 6.45) is 0. The number of nitro groups is 1. The predicted octanol–water partition coefficient (Wildman–Crippen LogP) is 4.37. The lowest BCUT2D eigenvalue weighted by atomic mass is 10.1. The van der Waals surface area contributed by atoms with Crippen molar-refractivity contribution in [1.82, 2.24) is 10.2 Å². The number of carbonyl (C=O) groups is 1. The van der Waals surface area contributed by atoms with Crippen LogP contribution in [0.3, 0.4) is 0 Å². The molecule has 132 valence electrons. The van der Waals surface area contributed by atoms with Crippen LogP contribution in [0.2, 0.25) is 0 Å². The van der Waals surface area contributed by atoms with Gasteiger partial charge in [0.25, 0.3) is 5.69 Å². The smallest absolute Gasteiger partial charge is 0.308 e. The Kier molecular flexibility index (Phi) is 4.90. The van der Waals surface area contributed by atoms with E-state index in [0.717, 1.165) is 22.5 Å². The molecule has 0 atom stereocenters. The van der Waals surface area contributed by atoms with E-state index in [2.05, 4.69) is 20.8 Å². The molecule has 0 radical (unpaired) electrons. The number of rotatable bonds is 4. The van der Waals surface area contributed by atoms with E-state index >= 15 is 0 Å². The van der Waals surface area contributed by atoms with Crippen LogP contribution in [0.1, 0.15) is 11.1 Å². The number of nitrogens with one attached hydrogen (secondary N) is 2. The number of hydrogen-bond donors (Lipinski definition) is 2. The molecule has 0 fully saturated rings. The summed E-state index contributed by atoms with van der Waals surface area (Å²) >= 11 is 1.13. The molecular weight excluding hydrogens is 354 g/mol. The molecule has 0 spiro atoms. The molecule has 2 amide bonds. The molecule has 8 nitrogen and oxygen atoms in total. The molecule has 3 rings (SSSR count). The topological polar surface area (TPSA) is 110 Å². The molecular formula is C17H15N5O3S. The first-order chi connectivity index (χ1) is 12.4. The monoisotopic (exact) mass is 369 g/mol. The van der Waals surface area contributed by atoms with Crippen LogP contribution in [-0.4, -0.2) is 21.2 Å². The van der Waals surface area contributed by atoms with Gasteiger partial charge in [0.15, 0.2) is 0 Å². The van der Waals surface area contributed by atoms with Gasteiger partial charge in [0, 0.05) is 23.4 Å². The minimum absolute atomic E-state index is 0.0281. The lowest BCUT2D eigenvalue weighted by Crippen LogP contribution is -2.19. The summed E-state index contributed by atoms with van der Waals surface area (Å²) in [5.74, 6) is 0. The second-order valence-corrected chi connectivity index (χ2v) is 6.58. The van der Waals surface area contributed by atoms with Crippen LogP contribution in [0.15, 0.2) is 42.5 Å². The zero-order valence-electron chi connectivity index (χ0n) is 14.0. The Hall–Kier alpha value is -3.33. The fraction of sp³-hybridized carbons (Fsp3) is 0.118. The quantitative estimate of drug-likeness (QED) is 0.524. The minimum Gasteiger partial charge on any atom is -0.308 e. The molecule has 0 unspecified atom stereocenters. The zero-order valence-corrected chi connectivity index (χ0v) is 14.8. The van der Waals surface area contributed by atoms with E-state index in [9.17, 15) is 14.9 Å². The van der Waals surface area contributed by atoms with Crippen molar-refractivity contribution in [2.45, 2.75) is 13.8 Å². The highest BCUT2D eigenvalue weighted by molar-refractivity contribution is 7.18. The molecule has 1 aromatic heterocycles. The second kappa shape index (κ2) is 7.28. The molecule has 9 heteroatoms. The number of aryl methyl sites for hydroxylation is 2. The van der Waals surface area contributed by atoms with Gasteiger partial charge in [0.05, 0.1) is 4.92 Å². The molecule has 3 aromatic rings. The van der Waals surface area contributed by atoms with Gasteiger partial charge in [-0.15, -0.1) is 10.2 Å². The first kappa shape index (κ1) is 17.5. The number of aromatic nitrogens is 2. The first-order valence-electron chi connectivity index (χ1n) is 7.66. The van der Waals surface area contributed by atoms with E-state index in [-0.39, 0.29) is 5.69 Å². The van der Waals surface area contributed by atoms with Crippen molar-refractivity contribution in [3.8, 4) is 10.6 Å². The summed E-state index contributed by atoms with van der Waals surface area (Å²) in [5, 5.41) is 24.9. The molecule has 0 aliphatic rings. The maximum Gasteiger partial charge on any atom is 0.325 e. The van der Waals surface area contributed by atoms with Crippen LogP contribution < -0.4 is 10.6 Å². The molecule has 2 aromatic carbocycles. The number of benzene rings is 2. The number of nitro benzene ring substituents is 1. The van der Waals surface area contributed by atoms with E-state index < -0.39 is 11.0 Å². The Bertz CT molecular complexity index is 986. The molecule has 0 saturated heterocycles. The van der Waals surface area contributed by atoms with E-state index in [1.165, 1.54) is 12.1 Å². The van der Waals surface area contributed by atoms with Crippen molar-refractivity contribution in [3.63, 3.8) is 0 Å². The number of nitrogens with zero attached hydrogens (tertiary/aromatic N) is 3. The van der Waals surface area contributed by atoms with Crippen molar-refractivity contribution in [2.24, 2.45) is 0 Å². The number of urea groups is 1. The molecule has 0 aliphatic carbocycles. The zero-order chi connectivity index (χ0) is 18.7. The summed E-state index contributed by atoms with van der Waals surface area (Å²) in [4.78, 5) is 22.5. The van der Waals surface area contributed by atoms with Gasteiger partial charge in [-0.25, -0.2) is 4.79 Å². The second-order valence-electron chi connectivity index (χ2n) is 5.60. The molecule has 26 heavy (non-hydrogen) atoms. The highest BCUT2D eigenvalue weighted by atomic mass is 32.1. The van der Waals surface area contributed by atoms with E-state index in [0.29, 0.717) is 21.4 Å². The standard InChI is InChI=1S/C17H15N5O3S/c1-10-6-7-13(8-11(10)2)18-16(23)19-17-21-20-15(26-17)12-4-3-5-14(9-12)22(24)25/h3-9H,1-2H3,(H2,18,19,21,23). The Morgan fingerprint density at radius 1 is 1.08 bits per heavy atom. The third-order valence-corrected chi connectivity index (χ3v) is 4.60. The summed E-state index contributed by atoms with van der Waals surface area (Å²) in [7, 11) is 0. The van der Waals surface area contributed by atoms with Crippen LogP contribution in [0.5, 0.6) is 0 Å². The van der Waals surface area contributed by atoms with Gasteiger partial charge in [0.2, 0.25) is 5.13 Å². The third kappa shape index (κ3) is 4.01. The normalized spacial score (nSPS) is 10.4. The Morgan fingerprint density at radius 2 is 1.88 bits per heavy atom. The first-order valence-corrected chi connectivity index (χ1v) is 8.47. The maximum absolute atomic E-state index is 12.1. The number of hydrogen-bond acceptors (Lipinski definition) is 6. The number of non-ortho nitro benzene ring substituents is 1. The summed E-state index contributed by atoms with van der Waals surface area (Å²) in [6.45, 7) is 3.96. The van der Waals surface area contributed by atoms with Crippen molar-refractivity contribution in [1.29, 1.82) is 0 Å². The van der Waals surface area contributed by atoms with Crippen LogP contribution in [0, 0.1) is 24.0 Å². The molecule has 0 bridgehead atoms. The SMILES string of the molecule is Cc1ccc(NC(=O)Nc2nnc(-c3cccc([N+](=O)[O-])c3)s2)cc1C. The van der Waals surface area contributed by atoms with Gasteiger partial charge in [-0.05, 0) is 37.1 Å². The summed E-state index contributed by atoms with van der Waals surface area (Å²) in [6, 6.07) is 11.3. The third-order valence-electron chi connectivity index (χ3n) is 3.71. The van der Waals surface area contributed by atoms with Crippen LogP contribution in [0.25, 0.3) is 10.6 Å². The summed E-state index contributed by atoms with van der Waals surface area (Å²) < 4.78 is 0. The highest BCUT2D eigenvalue weighted by Crippen LogP contribution is 2.28. The molecule has 2 N–H and O–H groups in total. The lowest BCUT2D eigenvalue weighted by molar-refractivity contribution is -0.384. The van der Waals surface area contributed by atoms with Gasteiger partial charge in [-0.3, -0.25) is 15.4 Å². The maximum atomic E-state index is 12.1. The number of carbonyl (C=O) groups excluding carboxylic acids is 1. The van der Waals surface area contributed by atoms with Crippen LogP contribution in [-0.2, 0) is 0 Å². The van der Waals surface area contributed by atoms with E-state index in [1.807, 2.05) is 32.0 Å². The molecule has 1 heterocycles. The van der Waals surface area contributed by atoms with Gasteiger partial charge < -0.3 is 5.32 Å². The average Bonchev–Trinajstić information content (AvgIpc) is 3.06. The van der Waals surface area contributed by atoms with Gasteiger partial charge in [0.1, 0.15) is 5.01 Å². The van der Waals surface area contributed by atoms with Crippen molar-refractivity contribution in [3.05, 3.63) is 63.7 Å². The van der Waals surface area contributed by atoms with Gasteiger partial charge in [-0.2, -0.15) is 0 Å². The summed E-state index contributed by atoms with van der Waals surface area (Å²) in [5.41, 5.74) is 3.43. The van der Waals surface area contributed by atoms with Crippen molar-refractivity contribution in [2.75, 3.05) is 10.6 Å². The molecule has 0 saturated carbocycles. The van der Waals surface area contributed by atoms with E-state index in [1.54, 1.807) is 12.1 Å². The Morgan fingerprint density at radius 3 is 2.62 bits per heavy atom. The van der Waals surface area contributed by atoms with Gasteiger partial charge >= 0.3 is 6.03 Å². The largest absolute Gasteiger partial charge is 0.325 e. The Balaban J connectivity index is 1.70. The average molecular weight is 369 g/mol. The highest BCUT2D eigenvalue weighted by Gasteiger charge is 2.13. The number of amides is 2. The predicted molar refractivity (Wildman–Crippen MR) is 101 cm³/mol. The van der Waals surface area contributed by atoms with Gasteiger partial charge in [-0.1, -0.05) is 29.5 Å². The fourth-order valence-corrected chi connectivity index (χ4v) is 2.96. The van der Waals surface area contributed by atoms with Crippen molar-refractivity contribution < 1.29 is 9.72 Å². The Labute approximate surface area is 153 Å². The fourth-order valence-electron chi connectivity index (χ4n) is 2.22. The van der Waals surface area contributed by atoms with Crippen LogP contribution in [0.4, 0.5) is 21.3 Å². The van der Waals surface area contributed by atoms with Crippen molar-refractivity contribution >= 4 is 33.9 Å². The molecule has 0 aliphatic heterocycles. The van der Waals surface area contributed by atoms with Crippen LogP contribution >= 0.6 is 11.3 Å².